The number of amides is 1. The number of methoxy groups -OCH3 is 1. The number of ether oxygens (including phenoxy) is 7. The van der Waals surface area contributed by atoms with Crippen LogP contribution in [0.2, 0.25) is 0 Å². The first-order chi connectivity index (χ1) is 49.4. The largest absolute Gasteiger partial charge is 0.496 e. The summed E-state index contributed by atoms with van der Waals surface area (Å²) in [7, 11) is 1.55. The van der Waals surface area contributed by atoms with Crippen molar-refractivity contribution in [2.45, 2.75) is 155 Å². The molecule has 25 heteroatoms. The van der Waals surface area contributed by atoms with Gasteiger partial charge in [0.1, 0.15) is 80.9 Å². The van der Waals surface area contributed by atoms with E-state index in [1.807, 2.05) is 51.1 Å². The zero-order chi connectivity index (χ0) is 74.8. The number of esters is 4. The third-order valence-electron chi connectivity index (χ3n) is 23.2. The molecular formula is C79H79N5O20. The van der Waals surface area contributed by atoms with Crippen molar-refractivity contribution in [1.82, 2.24) is 15.3 Å². The molecule has 4 N–H and O–H groups in total. The Labute approximate surface area is 598 Å². The minimum absolute atomic E-state index is 0.0228. The maximum atomic E-state index is 14.9. The van der Waals surface area contributed by atoms with E-state index in [2.05, 4.69) is 15.3 Å². The topological polar surface area (TPSA) is 374 Å². The zero-order valence-corrected chi connectivity index (χ0v) is 58.9. The number of hydrogen-bond donors (Lipinski definition) is 4. The third-order valence-corrected chi connectivity index (χ3v) is 23.2. The van der Waals surface area contributed by atoms with E-state index in [4.69, 9.17) is 42.0 Å². The maximum absolute atomic E-state index is 14.9. The molecule has 13 rings (SSSR count). The van der Waals surface area contributed by atoms with Crippen molar-refractivity contribution >= 4 is 35.8 Å². The molecule has 104 heavy (non-hydrogen) atoms. The average molecular weight is 1420 g/mol. The van der Waals surface area contributed by atoms with Crippen LogP contribution in [0.3, 0.4) is 0 Å². The number of benzene rings is 3. The van der Waals surface area contributed by atoms with Crippen molar-refractivity contribution in [3.63, 3.8) is 0 Å². The van der Waals surface area contributed by atoms with Gasteiger partial charge < -0.3 is 62.6 Å². The van der Waals surface area contributed by atoms with Crippen LogP contribution in [0.15, 0.2) is 146 Å². The number of fused-ring (bicyclic) bond motifs is 8. The zero-order valence-electron chi connectivity index (χ0n) is 58.9. The van der Waals surface area contributed by atoms with Crippen molar-refractivity contribution in [3.8, 4) is 52.0 Å². The summed E-state index contributed by atoms with van der Waals surface area (Å²) in [6.07, 6.45) is 0.178. The second-order valence-electron chi connectivity index (χ2n) is 29.1. The summed E-state index contributed by atoms with van der Waals surface area (Å²) in [4.78, 5) is 116. The first kappa shape index (κ1) is 72.8. The molecule has 0 bridgehead atoms. The number of carbonyl (C=O) groups excluding carboxylic acids is 5. The van der Waals surface area contributed by atoms with E-state index >= 15 is 0 Å². The lowest BCUT2D eigenvalue weighted by molar-refractivity contribution is -0.261. The highest BCUT2D eigenvalue weighted by Crippen LogP contribution is 2.70. The fraction of sp³-hybridized carbons (Fsp3) is 0.418. The Bertz CT molecular complexity index is 4760. The molecule has 540 valence electrons. The van der Waals surface area contributed by atoms with E-state index in [0.29, 0.717) is 40.8 Å². The number of aliphatic hydroxyl groups excluding tert-OH is 2. The van der Waals surface area contributed by atoms with Gasteiger partial charge in [0.15, 0.2) is 0 Å². The van der Waals surface area contributed by atoms with Crippen LogP contribution in [0.25, 0.3) is 22.6 Å². The van der Waals surface area contributed by atoms with Gasteiger partial charge in [0.25, 0.3) is 0 Å². The number of aliphatic hydroxyl groups is 2. The second-order valence-corrected chi connectivity index (χ2v) is 29.1. The lowest BCUT2D eigenvalue weighted by Gasteiger charge is -2.66. The van der Waals surface area contributed by atoms with E-state index in [-0.39, 0.29) is 77.5 Å². The molecule has 4 saturated carbocycles. The van der Waals surface area contributed by atoms with E-state index in [1.165, 1.54) is 93.8 Å². The van der Waals surface area contributed by atoms with Crippen LogP contribution in [-0.2, 0) is 44.7 Å². The molecule has 6 heterocycles. The average Bonchev–Trinajstić information content (AvgIpc) is 0.688. The highest BCUT2D eigenvalue weighted by atomic mass is 16.6. The predicted octanol–water partition coefficient (Wildman–Crippen LogP) is 10.4. The number of carbonyl (C=O) groups is 6. The molecule has 7 aromatic rings. The first-order valence-electron chi connectivity index (χ1n) is 34.2. The Hall–Kier alpha value is -11.0. The minimum Gasteiger partial charge on any atom is -0.496 e. The number of hydrogen-bond acceptors (Lipinski definition) is 23. The first-order valence-corrected chi connectivity index (χ1v) is 34.2. The molecule has 16 atom stereocenters. The van der Waals surface area contributed by atoms with Gasteiger partial charge in [0.2, 0.25) is 5.91 Å². The van der Waals surface area contributed by atoms with Crippen LogP contribution < -0.4 is 30.8 Å². The van der Waals surface area contributed by atoms with Gasteiger partial charge in [-0.05, 0) is 180 Å². The maximum Gasteiger partial charge on any atom is 0.345 e. The summed E-state index contributed by atoms with van der Waals surface area (Å²) in [6.45, 7) is 15.0. The number of rotatable bonds is 13. The van der Waals surface area contributed by atoms with Crippen molar-refractivity contribution < 1.29 is 86.1 Å². The van der Waals surface area contributed by atoms with Gasteiger partial charge in [-0.3, -0.25) is 29.1 Å². The molecule has 0 radical (unpaired) electrons. The van der Waals surface area contributed by atoms with Gasteiger partial charge in [-0.1, -0.05) is 26.0 Å². The lowest BCUT2D eigenvalue weighted by Crippen LogP contribution is -2.72. The summed E-state index contributed by atoms with van der Waals surface area (Å²) in [6, 6.07) is 31.3. The fourth-order valence-corrected chi connectivity index (χ4v) is 18.2. The Kier molecular flexibility index (Phi) is 19.3. The van der Waals surface area contributed by atoms with Crippen LogP contribution >= 0.6 is 0 Å². The number of carboxylic acid groups (broad SMARTS) is 1. The van der Waals surface area contributed by atoms with Crippen LogP contribution in [0.5, 0.6) is 17.2 Å². The van der Waals surface area contributed by atoms with Crippen LogP contribution in [0.4, 0.5) is 0 Å². The van der Waals surface area contributed by atoms with Crippen LogP contribution in [-0.4, -0.2) is 104 Å². The number of aromatic nitrogens is 2. The number of pyridine rings is 2. The molecule has 4 unspecified atom stereocenters. The van der Waals surface area contributed by atoms with Gasteiger partial charge in [-0.2, -0.15) is 10.5 Å². The van der Waals surface area contributed by atoms with Crippen LogP contribution in [0.1, 0.15) is 160 Å². The summed E-state index contributed by atoms with van der Waals surface area (Å²) in [5, 5.41) is 57.0. The predicted molar refractivity (Wildman–Crippen MR) is 368 cm³/mol. The number of aryl methyl sites for hydroxylation is 1. The molecule has 4 fully saturated rings. The fourth-order valence-electron chi connectivity index (χ4n) is 18.2. The van der Waals surface area contributed by atoms with Crippen molar-refractivity contribution in [2.75, 3.05) is 7.11 Å². The molecule has 4 aromatic heterocycles. The standard InChI is InChI=1S/C44H45N3O10.C35H34N2O10/c1-24-9-12-29(30(18-24)53-6)23-47-41(52)43(4)33-20-35(56-39(50)27-13-10-26(21-45)11-14-27)44(5)38(42(33,3)16-15-34(43)54-25(2)48)37(49)36-32(57-44)19-31(55-40(36)51)28-8-7-17-46-22-28;1-18(38)44-25-11-12-33(2)24(34(25,3)32(42)43)15-26(46-30(40)20-9-7-19(16-36)8-10-20)35(4)29(33)28(39)27-23(47-35)14-22(45-31(27)41)21-6-5-13-37-17-21/h7-14,17-19,22,33-35,37-38,49H,15-16,20,23H2,1-6H3,(H,47,52);5-10,13-14,17,24-26,28-29,39H,11-12,15H2,1-4H3,(H,42,43)/t33?,34-,35-,37-,38?,42-,43-,44+;24?,25-,26-,28-,29?,33-,34-,35+/m00/s1. The molecule has 1 amide bonds. The van der Waals surface area contributed by atoms with Gasteiger partial charge in [-0.25, -0.2) is 19.2 Å². The molecule has 0 spiro atoms. The van der Waals surface area contributed by atoms with Gasteiger partial charge in [0, 0.05) is 85.8 Å². The Morgan fingerprint density at radius 1 is 0.596 bits per heavy atom. The van der Waals surface area contributed by atoms with E-state index in [1.54, 1.807) is 64.5 Å². The summed E-state index contributed by atoms with van der Waals surface area (Å²) in [5.74, 6) is -6.69. The van der Waals surface area contributed by atoms with E-state index in [9.17, 15) is 64.2 Å². The normalized spacial score (nSPS) is 30.2. The van der Waals surface area contributed by atoms with Crippen molar-refractivity contribution in [1.29, 1.82) is 10.5 Å². The van der Waals surface area contributed by atoms with E-state index in [0.717, 1.165) is 11.1 Å². The number of nitriles is 2. The Balaban J connectivity index is 0.000000199. The number of aliphatic carboxylic acids is 1. The van der Waals surface area contributed by atoms with E-state index < -0.39 is 140 Å². The molecule has 2 aliphatic heterocycles. The van der Waals surface area contributed by atoms with Crippen LogP contribution in [0, 0.1) is 74.9 Å². The summed E-state index contributed by atoms with van der Waals surface area (Å²) < 4.78 is 54.5. The molecular weight excluding hydrogens is 1340 g/mol. The quantitative estimate of drug-likeness (QED) is 0.0615. The number of nitrogens with one attached hydrogen (secondary N) is 1. The second kappa shape index (κ2) is 27.6. The Morgan fingerprint density at radius 2 is 1.03 bits per heavy atom. The number of carboxylic acids is 1. The highest BCUT2D eigenvalue weighted by Gasteiger charge is 2.74. The van der Waals surface area contributed by atoms with Crippen molar-refractivity contribution in [3.05, 3.63) is 193 Å². The summed E-state index contributed by atoms with van der Waals surface area (Å²) in [5.41, 5.74) is -6.11. The van der Waals surface area contributed by atoms with Crippen molar-refractivity contribution in [2.24, 2.45) is 45.3 Å². The van der Waals surface area contributed by atoms with Gasteiger partial charge >= 0.3 is 41.1 Å². The highest BCUT2D eigenvalue weighted by molar-refractivity contribution is 5.90. The van der Waals surface area contributed by atoms with Gasteiger partial charge in [0.05, 0.1) is 59.1 Å². The monoisotopic (exact) mass is 1420 g/mol. The molecule has 6 aliphatic rings. The van der Waals surface area contributed by atoms with Gasteiger partial charge in [-0.15, -0.1) is 0 Å². The smallest absolute Gasteiger partial charge is 0.345 e. The molecule has 3 aromatic carbocycles. The molecule has 25 nitrogen and oxygen atoms in total. The molecule has 4 aliphatic carbocycles. The molecule has 0 saturated heterocycles. The summed E-state index contributed by atoms with van der Waals surface area (Å²) >= 11 is 0. The minimum atomic E-state index is -1.66. The third kappa shape index (κ3) is 12.5. The Morgan fingerprint density at radius 3 is 1.42 bits per heavy atom. The number of nitrogens with zero attached hydrogens (tertiary/aromatic N) is 4. The lowest BCUT2D eigenvalue weighted by atomic mass is 9.42. The SMILES string of the molecule is CC(=O)O[C@H]1CC[C@]2(C)C3[C@@H](O)c4c(cc(-c5cccnc5)oc4=O)O[C@]3(C)[C@@H](OC(=O)c3ccc(C#N)cc3)CC2[C@]1(C)C(=O)O.COc1cc(C)ccc1CNC(=O)[C@@]1(C)C2C[C@H](OC(=O)c3ccc(C#N)cc3)[C@@]3(C)Oc4cc(-c5cccnc5)oc(=O)c4[C@H](O)C3[C@@]2(C)CC[C@@H]1OC(C)=O.